The molecule has 1 amide bonds. The summed E-state index contributed by atoms with van der Waals surface area (Å²) in [5.41, 5.74) is 6.27. The zero-order valence-electron chi connectivity index (χ0n) is 18.2. The number of carbonyl (C=O) groups is 1. The van der Waals surface area contributed by atoms with Crippen LogP contribution in [0.2, 0.25) is 0 Å². The highest BCUT2D eigenvalue weighted by atomic mass is 16.2. The smallest absolute Gasteiger partial charge is 0.222 e. The minimum Gasteiger partial charge on any atom is -0.343 e. The van der Waals surface area contributed by atoms with Crippen molar-refractivity contribution >= 4 is 5.91 Å². The van der Waals surface area contributed by atoms with Gasteiger partial charge in [0.05, 0.1) is 0 Å². The van der Waals surface area contributed by atoms with E-state index in [9.17, 15) is 4.79 Å². The Hall–Kier alpha value is -0.570. The van der Waals surface area contributed by atoms with Crippen LogP contribution in [0.15, 0.2) is 0 Å². The number of nitrogens with two attached hydrogens (primary N) is 1. The molecule has 3 heteroatoms. The normalized spacial score (nSPS) is 12.3. The molecule has 0 heterocycles. The molecule has 0 saturated carbocycles. The van der Waals surface area contributed by atoms with Gasteiger partial charge in [-0.2, -0.15) is 0 Å². The van der Waals surface area contributed by atoms with Gasteiger partial charge in [-0.25, -0.2) is 0 Å². The average Bonchev–Trinajstić information content (AvgIpc) is 2.65. The van der Waals surface area contributed by atoms with Crippen LogP contribution in [0.3, 0.4) is 0 Å². The maximum atomic E-state index is 12.2. The Morgan fingerprint density at radius 3 is 1.73 bits per heavy atom. The van der Waals surface area contributed by atoms with E-state index in [-0.39, 0.29) is 6.04 Å². The first-order valence-electron chi connectivity index (χ1n) is 11.7. The fourth-order valence-corrected chi connectivity index (χ4v) is 3.50. The van der Waals surface area contributed by atoms with Crippen LogP contribution in [-0.4, -0.2) is 29.9 Å². The number of carbonyl (C=O) groups excluding carboxylic acids is 1. The van der Waals surface area contributed by atoms with Crippen molar-refractivity contribution in [3.8, 4) is 0 Å². The predicted octanol–water partition coefficient (Wildman–Crippen LogP) is 6.44. The van der Waals surface area contributed by atoms with Crippen LogP contribution in [0.1, 0.15) is 124 Å². The molecule has 0 aliphatic carbocycles. The number of rotatable bonds is 19. The molecule has 0 aliphatic rings. The molecule has 0 aromatic rings. The Labute approximate surface area is 164 Å². The summed E-state index contributed by atoms with van der Waals surface area (Å²) in [6, 6.07) is 0.252. The summed E-state index contributed by atoms with van der Waals surface area (Å²) < 4.78 is 0. The van der Waals surface area contributed by atoms with Gasteiger partial charge < -0.3 is 10.6 Å². The fourth-order valence-electron chi connectivity index (χ4n) is 3.50. The minimum atomic E-state index is 0.252. The molecule has 0 bridgehead atoms. The van der Waals surface area contributed by atoms with Crippen molar-refractivity contribution < 1.29 is 4.79 Å². The highest BCUT2D eigenvalue weighted by Crippen LogP contribution is 2.11. The SMILES string of the molecule is CCCCCCCCCCN(CCC(N)CCCCCCC)C(=O)CC. The third kappa shape index (κ3) is 15.7. The van der Waals surface area contributed by atoms with E-state index in [4.69, 9.17) is 5.73 Å². The van der Waals surface area contributed by atoms with Gasteiger partial charge in [0.2, 0.25) is 5.91 Å². The van der Waals surface area contributed by atoms with Crippen LogP contribution >= 0.6 is 0 Å². The fraction of sp³-hybridized carbons (Fsp3) is 0.957. The first-order valence-corrected chi connectivity index (χ1v) is 11.7. The van der Waals surface area contributed by atoms with Crippen molar-refractivity contribution in [1.82, 2.24) is 4.90 Å². The molecule has 3 nitrogen and oxygen atoms in total. The summed E-state index contributed by atoms with van der Waals surface area (Å²) in [7, 11) is 0. The summed E-state index contributed by atoms with van der Waals surface area (Å²) in [5.74, 6) is 0.295. The lowest BCUT2D eigenvalue weighted by molar-refractivity contribution is -0.131. The molecule has 0 fully saturated rings. The lowest BCUT2D eigenvalue weighted by Gasteiger charge is -2.24. The highest BCUT2D eigenvalue weighted by Gasteiger charge is 2.13. The molecule has 0 spiro atoms. The molecule has 0 saturated heterocycles. The van der Waals surface area contributed by atoms with Crippen LogP contribution < -0.4 is 5.73 Å². The molecule has 0 aliphatic heterocycles. The van der Waals surface area contributed by atoms with Gasteiger partial charge in [-0.1, -0.05) is 97.8 Å². The number of amides is 1. The molecule has 26 heavy (non-hydrogen) atoms. The first kappa shape index (κ1) is 25.4. The maximum Gasteiger partial charge on any atom is 0.222 e. The lowest BCUT2D eigenvalue weighted by Crippen LogP contribution is -2.35. The Balaban J connectivity index is 3.83. The zero-order chi connectivity index (χ0) is 19.5. The average molecular weight is 369 g/mol. The van der Waals surface area contributed by atoms with E-state index in [1.807, 2.05) is 6.92 Å². The van der Waals surface area contributed by atoms with E-state index >= 15 is 0 Å². The zero-order valence-corrected chi connectivity index (χ0v) is 18.2. The van der Waals surface area contributed by atoms with Crippen LogP contribution in [-0.2, 0) is 4.79 Å². The molecule has 0 radical (unpaired) electrons. The minimum absolute atomic E-state index is 0.252. The van der Waals surface area contributed by atoms with Crippen LogP contribution in [0.25, 0.3) is 0 Å². The topological polar surface area (TPSA) is 46.3 Å². The summed E-state index contributed by atoms with van der Waals surface area (Å²) in [5, 5.41) is 0. The van der Waals surface area contributed by atoms with Gasteiger partial charge in [0.15, 0.2) is 0 Å². The molecule has 1 unspecified atom stereocenters. The van der Waals surface area contributed by atoms with Gasteiger partial charge in [0.25, 0.3) is 0 Å². The number of nitrogens with zero attached hydrogens (tertiary/aromatic N) is 1. The molecular formula is C23H48N2O. The molecule has 0 rings (SSSR count). The molecule has 0 aromatic carbocycles. The van der Waals surface area contributed by atoms with Crippen molar-refractivity contribution in [2.24, 2.45) is 5.73 Å². The quantitative estimate of drug-likeness (QED) is 0.266. The van der Waals surface area contributed by atoms with Crippen molar-refractivity contribution in [3.63, 3.8) is 0 Å². The van der Waals surface area contributed by atoms with E-state index in [0.29, 0.717) is 12.3 Å². The summed E-state index contributed by atoms with van der Waals surface area (Å²) in [6.07, 6.45) is 19.7. The maximum absolute atomic E-state index is 12.2. The van der Waals surface area contributed by atoms with Gasteiger partial charge >= 0.3 is 0 Å². The second-order valence-electron chi connectivity index (χ2n) is 7.96. The number of hydrogen-bond donors (Lipinski definition) is 1. The predicted molar refractivity (Wildman–Crippen MR) is 115 cm³/mol. The van der Waals surface area contributed by atoms with Gasteiger partial charge in [-0.15, -0.1) is 0 Å². The van der Waals surface area contributed by atoms with E-state index in [0.717, 1.165) is 32.4 Å². The molecular weight excluding hydrogens is 320 g/mol. The van der Waals surface area contributed by atoms with Crippen LogP contribution in [0, 0.1) is 0 Å². The monoisotopic (exact) mass is 368 g/mol. The molecule has 2 N–H and O–H groups in total. The summed E-state index contributed by atoms with van der Waals surface area (Å²) in [4.78, 5) is 14.2. The van der Waals surface area contributed by atoms with E-state index < -0.39 is 0 Å². The molecule has 156 valence electrons. The number of unbranched alkanes of at least 4 members (excludes halogenated alkanes) is 11. The van der Waals surface area contributed by atoms with Crippen molar-refractivity contribution in [2.45, 2.75) is 130 Å². The molecule has 0 aromatic heterocycles. The van der Waals surface area contributed by atoms with Crippen molar-refractivity contribution in [3.05, 3.63) is 0 Å². The standard InChI is InChI=1S/C23H48N2O/c1-4-7-9-11-12-13-15-17-20-25(23(26)6-3)21-19-22(24)18-16-14-10-8-5-2/h22H,4-21,24H2,1-3H3. The second-order valence-corrected chi connectivity index (χ2v) is 7.96. The van der Waals surface area contributed by atoms with Crippen LogP contribution in [0.5, 0.6) is 0 Å². The van der Waals surface area contributed by atoms with Crippen molar-refractivity contribution in [2.75, 3.05) is 13.1 Å². The Morgan fingerprint density at radius 2 is 1.19 bits per heavy atom. The van der Waals surface area contributed by atoms with Gasteiger partial charge in [0, 0.05) is 25.6 Å². The second kappa shape index (κ2) is 19.2. The van der Waals surface area contributed by atoms with Gasteiger partial charge in [-0.05, 0) is 19.3 Å². The van der Waals surface area contributed by atoms with E-state index in [1.54, 1.807) is 0 Å². The molecule has 1 atom stereocenters. The largest absolute Gasteiger partial charge is 0.343 e. The van der Waals surface area contributed by atoms with Gasteiger partial charge in [0.1, 0.15) is 0 Å². The van der Waals surface area contributed by atoms with Crippen LogP contribution in [0.4, 0.5) is 0 Å². The van der Waals surface area contributed by atoms with Gasteiger partial charge in [-0.3, -0.25) is 4.79 Å². The first-order chi connectivity index (χ1) is 12.7. The Kier molecular flexibility index (Phi) is 18.8. The lowest BCUT2D eigenvalue weighted by atomic mass is 10.0. The Morgan fingerprint density at radius 1 is 0.692 bits per heavy atom. The van der Waals surface area contributed by atoms with E-state index in [2.05, 4.69) is 18.7 Å². The van der Waals surface area contributed by atoms with E-state index in [1.165, 1.54) is 77.0 Å². The summed E-state index contributed by atoms with van der Waals surface area (Å²) >= 11 is 0. The Bertz CT molecular complexity index is 307. The number of hydrogen-bond acceptors (Lipinski definition) is 2. The third-order valence-electron chi connectivity index (χ3n) is 5.39. The summed E-state index contributed by atoms with van der Waals surface area (Å²) in [6.45, 7) is 8.25. The highest BCUT2D eigenvalue weighted by molar-refractivity contribution is 5.75. The third-order valence-corrected chi connectivity index (χ3v) is 5.39. The van der Waals surface area contributed by atoms with Crippen molar-refractivity contribution in [1.29, 1.82) is 0 Å².